The van der Waals surface area contributed by atoms with E-state index in [1.54, 1.807) is 0 Å². The number of hydrogen-bond donors (Lipinski definition) is 2. The Kier molecular flexibility index (Phi) is 5.60. The molecule has 1 amide bonds. The topological polar surface area (TPSA) is 58.9 Å². The van der Waals surface area contributed by atoms with Gasteiger partial charge in [0.2, 0.25) is 0 Å². The van der Waals surface area contributed by atoms with E-state index in [-0.39, 0.29) is 17.3 Å². The Morgan fingerprint density at radius 2 is 1.91 bits per heavy atom. The van der Waals surface area contributed by atoms with E-state index < -0.39 is 11.6 Å². The molecule has 0 saturated carbocycles. The van der Waals surface area contributed by atoms with Gasteiger partial charge in [0.05, 0.1) is 0 Å². The molecule has 1 aromatic heterocycles. The van der Waals surface area contributed by atoms with Crippen molar-refractivity contribution in [3.8, 4) is 5.69 Å². The van der Waals surface area contributed by atoms with Crippen LogP contribution in [0.5, 0.6) is 0 Å². The van der Waals surface area contributed by atoms with Crippen LogP contribution in [0.4, 0.5) is 8.78 Å². The van der Waals surface area contributed by atoms with Crippen molar-refractivity contribution in [3.05, 3.63) is 47.8 Å². The smallest absolute Gasteiger partial charge is 0.271 e. The second kappa shape index (κ2) is 7.65. The summed E-state index contributed by atoms with van der Waals surface area (Å²) in [5.74, 6) is -1.86. The molecule has 0 aliphatic heterocycles. The molecular formula is C15H18F2N4O. The monoisotopic (exact) mass is 308 g/mol. The van der Waals surface area contributed by atoms with Gasteiger partial charge >= 0.3 is 0 Å². The third-order valence-corrected chi connectivity index (χ3v) is 3.00. The number of benzene rings is 1. The van der Waals surface area contributed by atoms with Crippen molar-refractivity contribution in [1.29, 1.82) is 0 Å². The van der Waals surface area contributed by atoms with Crippen LogP contribution in [0.3, 0.4) is 0 Å². The fraction of sp³-hybridized carbons (Fsp3) is 0.333. The van der Waals surface area contributed by atoms with Crippen LogP contribution in [0.15, 0.2) is 30.5 Å². The minimum absolute atomic E-state index is 0.109. The second-order valence-electron chi connectivity index (χ2n) is 4.72. The van der Waals surface area contributed by atoms with Gasteiger partial charge in [0.15, 0.2) is 17.3 Å². The van der Waals surface area contributed by atoms with Gasteiger partial charge in [-0.1, -0.05) is 13.0 Å². The van der Waals surface area contributed by atoms with Crippen LogP contribution in [0.2, 0.25) is 0 Å². The average Bonchev–Trinajstić information content (AvgIpc) is 2.96. The van der Waals surface area contributed by atoms with Crippen molar-refractivity contribution in [1.82, 2.24) is 20.4 Å². The van der Waals surface area contributed by atoms with Gasteiger partial charge in [0.25, 0.3) is 5.91 Å². The number of para-hydroxylation sites is 1. The van der Waals surface area contributed by atoms with Gasteiger partial charge in [-0.05, 0) is 31.2 Å². The molecule has 0 radical (unpaired) electrons. The lowest BCUT2D eigenvalue weighted by molar-refractivity contribution is 0.0948. The van der Waals surface area contributed by atoms with E-state index in [0.717, 1.165) is 29.8 Å². The predicted octanol–water partition coefficient (Wildman–Crippen LogP) is 1.88. The molecule has 22 heavy (non-hydrogen) atoms. The third-order valence-electron chi connectivity index (χ3n) is 3.00. The van der Waals surface area contributed by atoms with Crippen molar-refractivity contribution in [2.45, 2.75) is 13.3 Å². The third kappa shape index (κ3) is 3.88. The summed E-state index contributed by atoms with van der Waals surface area (Å²) in [5, 5.41) is 9.76. The van der Waals surface area contributed by atoms with Crippen molar-refractivity contribution in [3.63, 3.8) is 0 Å². The summed E-state index contributed by atoms with van der Waals surface area (Å²) in [6.45, 7) is 4.05. The quantitative estimate of drug-likeness (QED) is 0.768. The molecule has 2 N–H and O–H groups in total. The minimum Gasteiger partial charge on any atom is -0.349 e. The highest BCUT2D eigenvalue weighted by Gasteiger charge is 2.14. The Bertz CT molecular complexity index is 622. The van der Waals surface area contributed by atoms with E-state index in [4.69, 9.17) is 0 Å². The number of rotatable bonds is 7. The normalized spacial score (nSPS) is 10.7. The number of hydrogen-bond acceptors (Lipinski definition) is 3. The van der Waals surface area contributed by atoms with Crippen molar-refractivity contribution < 1.29 is 13.6 Å². The molecule has 2 aromatic rings. The molecule has 7 heteroatoms. The first kappa shape index (κ1) is 16.1. The van der Waals surface area contributed by atoms with Gasteiger partial charge in [-0.2, -0.15) is 5.10 Å². The summed E-state index contributed by atoms with van der Waals surface area (Å²) >= 11 is 0. The molecule has 0 unspecified atom stereocenters. The molecular weight excluding hydrogens is 290 g/mol. The first-order valence-electron chi connectivity index (χ1n) is 7.12. The highest BCUT2D eigenvalue weighted by Crippen LogP contribution is 2.16. The zero-order valence-corrected chi connectivity index (χ0v) is 12.3. The van der Waals surface area contributed by atoms with Crippen LogP contribution in [-0.4, -0.2) is 35.3 Å². The van der Waals surface area contributed by atoms with Crippen LogP contribution < -0.4 is 10.6 Å². The van der Waals surface area contributed by atoms with Crippen LogP contribution in [0.25, 0.3) is 5.69 Å². The lowest BCUT2D eigenvalue weighted by atomic mass is 10.3. The molecule has 1 aromatic carbocycles. The lowest BCUT2D eigenvalue weighted by Gasteiger charge is -2.05. The van der Waals surface area contributed by atoms with E-state index >= 15 is 0 Å². The van der Waals surface area contributed by atoms with Crippen molar-refractivity contribution in [2.24, 2.45) is 0 Å². The van der Waals surface area contributed by atoms with E-state index in [1.165, 1.54) is 18.3 Å². The lowest BCUT2D eigenvalue weighted by Crippen LogP contribution is -2.32. The number of carbonyl (C=O) groups is 1. The Labute approximate surface area is 127 Å². The van der Waals surface area contributed by atoms with Gasteiger partial charge in [0, 0.05) is 19.3 Å². The summed E-state index contributed by atoms with van der Waals surface area (Å²) in [6, 6.07) is 4.97. The van der Waals surface area contributed by atoms with Gasteiger partial charge in [0.1, 0.15) is 5.69 Å². The maximum Gasteiger partial charge on any atom is 0.271 e. The minimum atomic E-state index is -0.737. The second-order valence-corrected chi connectivity index (χ2v) is 4.72. The molecule has 2 rings (SSSR count). The first-order chi connectivity index (χ1) is 10.6. The van der Waals surface area contributed by atoms with E-state index in [2.05, 4.69) is 22.7 Å². The maximum absolute atomic E-state index is 13.7. The molecule has 0 bridgehead atoms. The van der Waals surface area contributed by atoms with Crippen LogP contribution in [-0.2, 0) is 0 Å². The molecule has 0 atom stereocenters. The molecule has 0 aliphatic rings. The molecule has 5 nitrogen and oxygen atoms in total. The number of halogens is 2. The van der Waals surface area contributed by atoms with Gasteiger partial charge in [-0.15, -0.1) is 0 Å². The zero-order valence-electron chi connectivity index (χ0n) is 12.3. The molecule has 118 valence electrons. The largest absolute Gasteiger partial charge is 0.349 e. The Balaban J connectivity index is 2.01. The fourth-order valence-corrected chi connectivity index (χ4v) is 1.93. The predicted molar refractivity (Wildman–Crippen MR) is 79.0 cm³/mol. The van der Waals surface area contributed by atoms with Crippen LogP contribution >= 0.6 is 0 Å². The number of amides is 1. The SMILES string of the molecule is CCCNCCNC(=O)c1ccn(-c2c(F)cccc2F)n1. The molecule has 0 spiro atoms. The summed E-state index contributed by atoms with van der Waals surface area (Å²) < 4.78 is 28.3. The summed E-state index contributed by atoms with van der Waals surface area (Å²) in [5.41, 5.74) is -0.190. The van der Waals surface area contributed by atoms with Gasteiger partial charge in [-0.3, -0.25) is 4.79 Å². The maximum atomic E-state index is 13.7. The molecule has 1 heterocycles. The summed E-state index contributed by atoms with van der Waals surface area (Å²) in [6.07, 6.45) is 2.37. The highest BCUT2D eigenvalue weighted by molar-refractivity contribution is 5.92. The van der Waals surface area contributed by atoms with E-state index in [1.807, 2.05) is 0 Å². The summed E-state index contributed by atoms with van der Waals surface area (Å²) in [4.78, 5) is 11.9. The number of carbonyl (C=O) groups excluding carboxylic acids is 1. The molecule has 0 saturated heterocycles. The standard InChI is InChI=1S/C15H18F2N4O/c1-2-7-18-8-9-19-15(22)13-6-10-21(20-13)14-11(16)4-3-5-12(14)17/h3-6,10,18H,2,7-9H2,1H3,(H,19,22). The first-order valence-corrected chi connectivity index (χ1v) is 7.12. The molecule has 0 fully saturated rings. The van der Waals surface area contributed by atoms with Gasteiger partial charge in [-0.25, -0.2) is 13.5 Å². The summed E-state index contributed by atoms with van der Waals surface area (Å²) in [7, 11) is 0. The molecule has 0 aliphatic carbocycles. The Morgan fingerprint density at radius 3 is 2.59 bits per heavy atom. The van der Waals surface area contributed by atoms with Crippen molar-refractivity contribution in [2.75, 3.05) is 19.6 Å². The fourth-order valence-electron chi connectivity index (χ4n) is 1.93. The Hall–Kier alpha value is -2.28. The number of nitrogens with zero attached hydrogens (tertiary/aromatic N) is 2. The Morgan fingerprint density at radius 1 is 1.18 bits per heavy atom. The number of aromatic nitrogens is 2. The van der Waals surface area contributed by atoms with Crippen LogP contribution in [0, 0.1) is 11.6 Å². The highest BCUT2D eigenvalue weighted by atomic mass is 19.1. The van der Waals surface area contributed by atoms with E-state index in [9.17, 15) is 13.6 Å². The van der Waals surface area contributed by atoms with Gasteiger partial charge < -0.3 is 10.6 Å². The van der Waals surface area contributed by atoms with Crippen molar-refractivity contribution >= 4 is 5.91 Å². The number of nitrogens with one attached hydrogen (secondary N) is 2. The van der Waals surface area contributed by atoms with Crippen LogP contribution in [0.1, 0.15) is 23.8 Å². The average molecular weight is 308 g/mol. The zero-order chi connectivity index (χ0) is 15.9. The van der Waals surface area contributed by atoms with E-state index in [0.29, 0.717) is 13.1 Å².